The predicted molar refractivity (Wildman–Crippen MR) is 85.0 cm³/mol. The number of thiophene rings is 1. The molecule has 1 atom stereocenters. The summed E-state index contributed by atoms with van der Waals surface area (Å²) >= 11 is 1.61. The summed E-state index contributed by atoms with van der Waals surface area (Å²) in [5.41, 5.74) is 8.78. The number of nitrogens with one attached hydrogen (secondary N) is 1. The minimum atomic E-state index is -0.000242. The smallest absolute Gasteiger partial charge is 0.228 e. The molecule has 21 heavy (non-hydrogen) atoms. The van der Waals surface area contributed by atoms with Crippen LogP contribution >= 0.6 is 11.3 Å². The molecule has 0 saturated carbocycles. The van der Waals surface area contributed by atoms with Gasteiger partial charge in [0.2, 0.25) is 5.91 Å². The van der Waals surface area contributed by atoms with Gasteiger partial charge in [-0.05, 0) is 29.0 Å². The van der Waals surface area contributed by atoms with Gasteiger partial charge >= 0.3 is 0 Å². The van der Waals surface area contributed by atoms with Crippen molar-refractivity contribution in [2.75, 3.05) is 6.54 Å². The van der Waals surface area contributed by atoms with Crippen molar-refractivity contribution in [3.63, 3.8) is 0 Å². The van der Waals surface area contributed by atoms with E-state index >= 15 is 0 Å². The summed E-state index contributed by atoms with van der Waals surface area (Å²) in [4.78, 5) is 13.3. The van der Waals surface area contributed by atoms with E-state index in [1.807, 2.05) is 29.6 Å². The summed E-state index contributed by atoms with van der Waals surface area (Å²) in [6, 6.07) is 10.1. The Bertz CT molecular complexity index is 724. The lowest BCUT2D eigenvalue weighted by Crippen LogP contribution is -2.35. The molecule has 2 aromatic rings. The second kappa shape index (κ2) is 6.13. The van der Waals surface area contributed by atoms with E-state index < -0.39 is 0 Å². The van der Waals surface area contributed by atoms with Crippen molar-refractivity contribution in [2.24, 2.45) is 5.73 Å². The summed E-state index contributed by atoms with van der Waals surface area (Å²) in [5.74, 6) is 5.98. The van der Waals surface area contributed by atoms with Gasteiger partial charge in [0.1, 0.15) is 0 Å². The fourth-order valence-corrected chi connectivity index (χ4v) is 3.29. The van der Waals surface area contributed by atoms with Gasteiger partial charge in [0, 0.05) is 10.4 Å². The van der Waals surface area contributed by atoms with Gasteiger partial charge in [0.25, 0.3) is 0 Å². The van der Waals surface area contributed by atoms with E-state index in [9.17, 15) is 4.79 Å². The maximum Gasteiger partial charge on any atom is 0.228 e. The van der Waals surface area contributed by atoms with Crippen molar-refractivity contribution < 1.29 is 4.79 Å². The minimum Gasteiger partial charge on any atom is -0.351 e. The Morgan fingerprint density at radius 2 is 2.24 bits per heavy atom. The highest BCUT2D eigenvalue weighted by Gasteiger charge is 2.31. The van der Waals surface area contributed by atoms with Crippen molar-refractivity contribution in [2.45, 2.75) is 18.9 Å². The number of nitrogens with two attached hydrogens (primary N) is 1. The first-order valence-electron chi connectivity index (χ1n) is 6.90. The monoisotopic (exact) mass is 296 g/mol. The number of amides is 1. The number of fused-ring (bicyclic) bond motifs is 1. The van der Waals surface area contributed by atoms with E-state index in [1.54, 1.807) is 11.3 Å². The normalized spacial score (nSPS) is 15.4. The Labute approximate surface area is 128 Å². The zero-order valence-corrected chi connectivity index (χ0v) is 12.4. The lowest BCUT2D eigenvalue weighted by molar-refractivity contribution is -0.123. The van der Waals surface area contributed by atoms with Gasteiger partial charge in [0.15, 0.2) is 0 Å². The highest BCUT2D eigenvalue weighted by atomic mass is 32.1. The third-order valence-electron chi connectivity index (χ3n) is 3.66. The molecular formula is C17H16N2OS. The lowest BCUT2D eigenvalue weighted by Gasteiger charge is -2.28. The highest BCUT2D eigenvalue weighted by Crippen LogP contribution is 2.34. The first-order chi connectivity index (χ1) is 10.3. The van der Waals surface area contributed by atoms with E-state index in [0.29, 0.717) is 13.1 Å². The molecule has 1 unspecified atom stereocenters. The number of hydrogen-bond donors (Lipinski definition) is 2. The summed E-state index contributed by atoms with van der Waals surface area (Å²) in [6.45, 7) is 0.879. The van der Waals surface area contributed by atoms with E-state index in [0.717, 1.165) is 22.4 Å². The third kappa shape index (κ3) is 2.85. The van der Waals surface area contributed by atoms with Crippen molar-refractivity contribution in [1.82, 2.24) is 5.32 Å². The Kier molecular flexibility index (Phi) is 4.05. The molecule has 0 aliphatic heterocycles. The van der Waals surface area contributed by atoms with Crippen LogP contribution in [0, 0.1) is 11.8 Å². The first kappa shape index (κ1) is 13.9. The van der Waals surface area contributed by atoms with Gasteiger partial charge in [0.05, 0.1) is 19.0 Å². The van der Waals surface area contributed by atoms with Crippen molar-refractivity contribution in [3.8, 4) is 11.8 Å². The fourth-order valence-electron chi connectivity index (χ4n) is 2.52. The average Bonchev–Trinajstić information content (AvgIpc) is 2.91. The minimum absolute atomic E-state index is 0.000242. The molecule has 0 saturated heterocycles. The van der Waals surface area contributed by atoms with Crippen LogP contribution in [-0.2, 0) is 17.8 Å². The second-order valence-corrected chi connectivity index (χ2v) is 5.94. The lowest BCUT2D eigenvalue weighted by atomic mass is 9.77. The highest BCUT2D eigenvalue weighted by molar-refractivity contribution is 7.10. The van der Waals surface area contributed by atoms with E-state index in [-0.39, 0.29) is 11.8 Å². The molecule has 3 nitrogen and oxygen atoms in total. The Hall–Kier alpha value is -2.09. The summed E-state index contributed by atoms with van der Waals surface area (Å²) in [7, 11) is 0. The van der Waals surface area contributed by atoms with Gasteiger partial charge in [-0.15, -0.1) is 11.3 Å². The topological polar surface area (TPSA) is 55.1 Å². The van der Waals surface area contributed by atoms with Gasteiger partial charge < -0.3 is 11.1 Å². The van der Waals surface area contributed by atoms with Crippen LogP contribution in [0.3, 0.4) is 0 Å². The second-order valence-electron chi connectivity index (χ2n) is 4.94. The number of rotatable bonds is 3. The SMILES string of the molecule is NCC#Cc1ccsc1CNC(=O)C1Cc2ccccc21. The number of carbonyl (C=O) groups is 1. The van der Waals surface area contributed by atoms with Crippen LogP contribution in [0.2, 0.25) is 0 Å². The zero-order valence-electron chi connectivity index (χ0n) is 11.6. The molecule has 1 aromatic carbocycles. The molecule has 106 valence electrons. The van der Waals surface area contributed by atoms with Crippen LogP contribution < -0.4 is 11.1 Å². The maximum absolute atomic E-state index is 12.2. The Balaban J connectivity index is 1.62. The summed E-state index contributed by atoms with van der Waals surface area (Å²) in [6.07, 6.45) is 0.840. The molecule has 0 spiro atoms. The van der Waals surface area contributed by atoms with E-state index in [2.05, 4.69) is 23.2 Å². The van der Waals surface area contributed by atoms with Crippen LogP contribution in [0.25, 0.3) is 0 Å². The largest absolute Gasteiger partial charge is 0.351 e. The number of benzene rings is 1. The molecule has 1 amide bonds. The molecule has 0 radical (unpaired) electrons. The zero-order chi connectivity index (χ0) is 14.7. The van der Waals surface area contributed by atoms with Crippen LogP contribution in [0.4, 0.5) is 0 Å². The fraction of sp³-hybridized carbons (Fsp3) is 0.235. The average molecular weight is 296 g/mol. The van der Waals surface area contributed by atoms with E-state index in [4.69, 9.17) is 5.73 Å². The van der Waals surface area contributed by atoms with Crippen molar-refractivity contribution >= 4 is 17.2 Å². The van der Waals surface area contributed by atoms with Crippen LogP contribution in [0.1, 0.15) is 27.5 Å². The molecule has 0 fully saturated rings. The molecule has 4 heteroatoms. The van der Waals surface area contributed by atoms with Crippen LogP contribution in [0.5, 0.6) is 0 Å². The van der Waals surface area contributed by atoms with Gasteiger partial charge in [-0.1, -0.05) is 36.1 Å². The molecular weight excluding hydrogens is 280 g/mol. The molecule has 1 heterocycles. The molecule has 3 N–H and O–H groups in total. The van der Waals surface area contributed by atoms with Crippen molar-refractivity contribution in [3.05, 3.63) is 57.3 Å². The summed E-state index contributed by atoms with van der Waals surface area (Å²) < 4.78 is 0. The Morgan fingerprint density at radius 1 is 1.38 bits per heavy atom. The predicted octanol–water partition coefficient (Wildman–Crippen LogP) is 2.01. The quantitative estimate of drug-likeness (QED) is 0.851. The molecule has 3 rings (SSSR count). The van der Waals surface area contributed by atoms with E-state index in [1.165, 1.54) is 5.56 Å². The van der Waals surface area contributed by atoms with Crippen LogP contribution in [0.15, 0.2) is 35.7 Å². The maximum atomic E-state index is 12.2. The van der Waals surface area contributed by atoms with Crippen LogP contribution in [-0.4, -0.2) is 12.5 Å². The molecule has 1 aromatic heterocycles. The third-order valence-corrected chi connectivity index (χ3v) is 4.59. The molecule has 0 bridgehead atoms. The molecule has 1 aliphatic carbocycles. The standard InChI is InChI=1S/C17H16N2OS/c18-8-3-5-12-7-9-21-16(12)11-19-17(20)15-10-13-4-1-2-6-14(13)15/h1-2,4,6-7,9,15H,8,10-11,18H2,(H,19,20). The first-order valence-corrected chi connectivity index (χ1v) is 7.78. The van der Waals surface area contributed by atoms with Gasteiger partial charge in [-0.2, -0.15) is 0 Å². The van der Waals surface area contributed by atoms with Crippen molar-refractivity contribution in [1.29, 1.82) is 0 Å². The Morgan fingerprint density at radius 3 is 3.05 bits per heavy atom. The number of carbonyl (C=O) groups excluding carboxylic acids is 1. The number of hydrogen-bond acceptors (Lipinski definition) is 3. The van der Waals surface area contributed by atoms with Gasteiger partial charge in [-0.3, -0.25) is 4.79 Å². The molecule has 1 aliphatic rings. The van der Waals surface area contributed by atoms with Gasteiger partial charge in [-0.25, -0.2) is 0 Å². The summed E-state index contributed by atoms with van der Waals surface area (Å²) in [5, 5.41) is 5.00.